The monoisotopic (exact) mass is 261 g/mol. The van der Waals surface area contributed by atoms with E-state index < -0.39 is 10.2 Å². The molecule has 0 aromatic rings. The molecular formula is C11H23N3O2S. The largest absolute Gasteiger partial charge is 0.328 e. The lowest BCUT2D eigenvalue weighted by atomic mass is 10.0. The first kappa shape index (κ1) is 13.3. The number of nitrogens with zero attached hydrogens (tertiary/aromatic N) is 1. The molecule has 2 fully saturated rings. The lowest BCUT2D eigenvalue weighted by molar-refractivity contribution is 0.224. The fraction of sp³-hybridized carbons (Fsp3) is 1.00. The van der Waals surface area contributed by atoms with Crippen LogP contribution in [0.3, 0.4) is 0 Å². The summed E-state index contributed by atoms with van der Waals surface area (Å²) in [6.07, 6.45) is 3.53. The van der Waals surface area contributed by atoms with Crippen molar-refractivity contribution in [3.63, 3.8) is 0 Å². The van der Waals surface area contributed by atoms with Crippen LogP contribution in [0.25, 0.3) is 0 Å². The fourth-order valence-electron chi connectivity index (χ4n) is 2.92. The topological polar surface area (TPSA) is 75.4 Å². The summed E-state index contributed by atoms with van der Waals surface area (Å²) in [4.78, 5) is 0. The number of rotatable bonds is 4. The Morgan fingerprint density at radius 1 is 1.29 bits per heavy atom. The van der Waals surface area contributed by atoms with Gasteiger partial charge in [0, 0.05) is 24.7 Å². The Hall–Kier alpha value is -0.170. The van der Waals surface area contributed by atoms with Gasteiger partial charge in [0.15, 0.2) is 0 Å². The molecule has 0 spiro atoms. The first-order chi connectivity index (χ1) is 7.90. The van der Waals surface area contributed by atoms with Crippen LogP contribution in [0.5, 0.6) is 0 Å². The summed E-state index contributed by atoms with van der Waals surface area (Å²) in [6, 6.07) is 0.408. The minimum absolute atomic E-state index is 0.119. The summed E-state index contributed by atoms with van der Waals surface area (Å²) in [6.45, 7) is 4.51. The van der Waals surface area contributed by atoms with Gasteiger partial charge in [0.25, 0.3) is 10.2 Å². The van der Waals surface area contributed by atoms with E-state index in [0.717, 1.165) is 25.7 Å². The maximum atomic E-state index is 12.2. The Bertz CT molecular complexity index is 355. The van der Waals surface area contributed by atoms with Crippen molar-refractivity contribution in [2.45, 2.75) is 57.7 Å². The minimum Gasteiger partial charge on any atom is -0.328 e. The second-order valence-electron chi connectivity index (χ2n) is 5.69. The molecule has 2 bridgehead atoms. The molecule has 2 aliphatic rings. The lowest BCUT2D eigenvalue weighted by Crippen LogP contribution is -2.54. The molecule has 2 atom stereocenters. The van der Waals surface area contributed by atoms with Crippen molar-refractivity contribution in [3.05, 3.63) is 0 Å². The Kier molecular flexibility index (Phi) is 3.77. The van der Waals surface area contributed by atoms with Crippen molar-refractivity contribution in [1.82, 2.24) is 9.03 Å². The molecule has 17 heavy (non-hydrogen) atoms. The quantitative estimate of drug-likeness (QED) is 0.770. The third-order valence-electron chi connectivity index (χ3n) is 3.65. The summed E-state index contributed by atoms with van der Waals surface area (Å²) >= 11 is 0. The van der Waals surface area contributed by atoms with Crippen molar-refractivity contribution in [3.8, 4) is 0 Å². The third kappa shape index (κ3) is 2.81. The molecule has 0 saturated carbocycles. The smallest absolute Gasteiger partial charge is 0.279 e. The molecule has 2 unspecified atom stereocenters. The molecule has 0 aromatic heterocycles. The van der Waals surface area contributed by atoms with Gasteiger partial charge in [0.05, 0.1) is 0 Å². The standard InChI is InChI=1S/C11H23N3O2S/c1-8(2)7-13-17(15,16)14-10-3-4-11(14)6-9(12)5-10/h8-11,13H,3-7,12H2,1-2H3. The second-order valence-corrected chi connectivity index (χ2v) is 7.35. The Labute approximate surface area is 104 Å². The van der Waals surface area contributed by atoms with Crippen molar-refractivity contribution in [1.29, 1.82) is 0 Å². The zero-order valence-electron chi connectivity index (χ0n) is 10.6. The highest BCUT2D eigenvalue weighted by Crippen LogP contribution is 2.36. The Morgan fingerprint density at radius 2 is 1.82 bits per heavy atom. The average molecular weight is 261 g/mol. The van der Waals surface area contributed by atoms with E-state index in [2.05, 4.69) is 4.72 Å². The zero-order valence-corrected chi connectivity index (χ0v) is 11.4. The highest BCUT2D eigenvalue weighted by Gasteiger charge is 2.45. The van der Waals surface area contributed by atoms with Gasteiger partial charge in [-0.1, -0.05) is 13.8 Å². The molecule has 100 valence electrons. The van der Waals surface area contributed by atoms with Crippen LogP contribution in [0, 0.1) is 5.92 Å². The fourth-order valence-corrected chi connectivity index (χ4v) is 4.78. The molecule has 0 aliphatic carbocycles. The number of fused-ring (bicyclic) bond motifs is 2. The predicted molar refractivity (Wildman–Crippen MR) is 67.6 cm³/mol. The van der Waals surface area contributed by atoms with Gasteiger partial charge < -0.3 is 5.73 Å². The highest BCUT2D eigenvalue weighted by molar-refractivity contribution is 7.87. The first-order valence-corrected chi connectivity index (χ1v) is 7.88. The molecule has 0 radical (unpaired) electrons. The van der Waals surface area contributed by atoms with E-state index >= 15 is 0 Å². The summed E-state index contributed by atoms with van der Waals surface area (Å²) in [7, 11) is -3.31. The van der Waals surface area contributed by atoms with E-state index in [1.54, 1.807) is 4.31 Å². The summed E-state index contributed by atoms with van der Waals surface area (Å²) in [5.41, 5.74) is 5.94. The van der Waals surface area contributed by atoms with Gasteiger partial charge in [-0.3, -0.25) is 0 Å². The van der Waals surface area contributed by atoms with Crippen LogP contribution in [0.1, 0.15) is 39.5 Å². The molecule has 2 aliphatic heterocycles. The van der Waals surface area contributed by atoms with Crippen LogP contribution >= 0.6 is 0 Å². The lowest BCUT2D eigenvalue weighted by Gasteiger charge is -2.36. The Morgan fingerprint density at radius 3 is 2.29 bits per heavy atom. The summed E-state index contributed by atoms with van der Waals surface area (Å²) < 4.78 is 28.8. The van der Waals surface area contributed by atoms with Crippen LogP contribution in [0.4, 0.5) is 0 Å². The molecule has 2 saturated heterocycles. The molecule has 2 rings (SSSR count). The highest BCUT2D eigenvalue weighted by atomic mass is 32.2. The van der Waals surface area contributed by atoms with Crippen molar-refractivity contribution >= 4 is 10.2 Å². The predicted octanol–water partition coefficient (Wildman–Crippen LogP) is 0.431. The number of nitrogens with two attached hydrogens (primary N) is 1. The summed E-state index contributed by atoms with van der Waals surface area (Å²) in [5.74, 6) is 0.328. The Balaban J connectivity index is 2.07. The van der Waals surface area contributed by atoms with Crippen LogP contribution in [-0.4, -0.2) is 37.4 Å². The molecule has 3 N–H and O–H groups in total. The molecule has 6 heteroatoms. The van der Waals surface area contributed by atoms with Crippen LogP contribution in [0.2, 0.25) is 0 Å². The number of piperidine rings is 1. The molecule has 2 heterocycles. The second kappa shape index (κ2) is 4.84. The van der Waals surface area contributed by atoms with E-state index in [1.165, 1.54) is 0 Å². The maximum Gasteiger partial charge on any atom is 0.279 e. The van der Waals surface area contributed by atoms with Gasteiger partial charge in [0.1, 0.15) is 0 Å². The summed E-state index contributed by atoms with van der Waals surface area (Å²) in [5, 5.41) is 0. The van der Waals surface area contributed by atoms with Gasteiger partial charge >= 0.3 is 0 Å². The first-order valence-electron chi connectivity index (χ1n) is 6.44. The maximum absolute atomic E-state index is 12.2. The van der Waals surface area contributed by atoms with Crippen molar-refractivity contribution < 1.29 is 8.42 Å². The number of hydrogen-bond acceptors (Lipinski definition) is 3. The van der Waals surface area contributed by atoms with Crippen LogP contribution in [-0.2, 0) is 10.2 Å². The van der Waals surface area contributed by atoms with E-state index in [-0.39, 0.29) is 18.1 Å². The zero-order chi connectivity index (χ0) is 12.6. The SMILES string of the molecule is CC(C)CNS(=O)(=O)N1C2CCC1CC(N)C2. The van der Waals surface area contributed by atoms with Gasteiger partial charge in [-0.2, -0.15) is 12.7 Å². The van der Waals surface area contributed by atoms with Gasteiger partial charge in [-0.25, -0.2) is 4.72 Å². The minimum atomic E-state index is -3.31. The van der Waals surface area contributed by atoms with Gasteiger partial charge in [-0.05, 0) is 31.6 Å². The van der Waals surface area contributed by atoms with Crippen LogP contribution in [0.15, 0.2) is 0 Å². The number of nitrogens with one attached hydrogen (secondary N) is 1. The third-order valence-corrected chi connectivity index (χ3v) is 5.34. The van der Waals surface area contributed by atoms with E-state index in [1.807, 2.05) is 13.8 Å². The molecule has 5 nitrogen and oxygen atoms in total. The van der Waals surface area contributed by atoms with E-state index in [9.17, 15) is 8.42 Å². The van der Waals surface area contributed by atoms with E-state index in [4.69, 9.17) is 5.73 Å². The molecular weight excluding hydrogens is 238 g/mol. The van der Waals surface area contributed by atoms with E-state index in [0.29, 0.717) is 12.5 Å². The molecule has 0 aromatic carbocycles. The van der Waals surface area contributed by atoms with Crippen molar-refractivity contribution in [2.75, 3.05) is 6.54 Å². The van der Waals surface area contributed by atoms with Crippen molar-refractivity contribution in [2.24, 2.45) is 11.7 Å². The normalized spacial score (nSPS) is 34.5. The van der Waals surface area contributed by atoms with Gasteiger partial charge in [-0.15, -0.1) is 0 Å². The van der Waals surface area contributed by atoms with Crippen LogP contribution < -0.4 is 10.5 Å². The van der Waals surface area contributed by atoms with Gasteiger partial charge in [0.2, 0.25) is 0 Å². The number of hydrogen-bond donors (Lipinski definition) is 2. The average Bonchev–Trinajstić information content (AvgIpc) is 2.50. The molecule has 0 amide bonds.